The number of nitrogens with zero attached hydrogens (tertiary/aromatic N) is 2. The second kappa shape index (κ2) is 7.77. The van der Waals surface area contributed by atoms with Gasteiger partial charge in [-0.3, -0.25) is 14.6 Å². The van der Waals surface area contributed by atoms with Crippen LogP contribution in [0.25, 0.3) is 0 Å². The second-order valence-corrected chi connectivity index (χ2v) is 8.19. The number of anilines is 1. The van der Waals surface area contributed by atoms with Crippen LogP contribution in [0.4, 0.5) is 10.5 Å². The summed E-state index contributed by atoms with van der Waals surface area (Å²) < 4.78 is 16.2. The first kappa shape index (κ1) is 19.7. The number of primary amides is 1. The van der Waals surface area contributed by atoms with E-state index < -0.39 is 11.9 Å². The van der Waals surface area contributed by atoms with Crippen LogP contribution >= 0.6 is 0 Å². The molecular weight excluding hydrogens is 398 g/mol. The van der Waals surface area contributed by atoms with Crippen LogP contribution < -0.4 is 20.1 Å². The molecule has 0 saturated carbocycles. The normalized spacial score (nSPS) is 19.6. The molecule has 31 heavy (non-hydrogen) atoms. The Balaban J connectivity index is 1.35. The van der Waals surface area contributed by atoms with Crippen LogP contribution in [0.2, 0.25) is 0 Å². The highest BCUT2D eigenvalue weighted by atomic mass is 16.7. The highest BCUT2D eigenvalue weighted by molar-refractivity contribution is 5.92. The van der Waals surface area contributed by atoms with Gasteiger partial charge in [0.25, 0.3) is 0 Å². The lowest BCUT2D eigenvalue weighted by Crippen LogP contribution is -2.51. The van der Waals surface area contributed by atoms with Crippen molar-refractivity contribution in [1.82, 2.24) is 4.90 Å². The van der Waals surface area contributed by atoms with Crippen LogP contribution in [0.5, 0.6) is 11.5 Å². The summed E-state index contributed by atoms with van der Waals surface area (Å²) in [6.45, 7) is 3.77. The molecule has 3 aliphatic heterocycles. The molecule has 8 nitrogen and oxygen atoms in total. The van der Waals surface area contributed by atoms with Gasteiger partial charge in [0, 0.05) is 24.7 Å². The largest absolute Gasteiger partial charge is 0.454 e. The standard InChI is InChI=1S/C23H25N3O5/c1-14-3-2-4-16-12-29-23(28)26(20(14)16)17-7-9-25(10-8-17)21(22(24)27)15-5-6-18-19(11-15)31-13-30-18/h2-6,11,17,21H,7-10,12-13H2,1H3,(H2,24,27). The molecule has 2 amide bonds. The topological polar surface area (TPSA) is 94.3 Å². The maximum absolute atomic E-state index is 12.7. The summed E-state index contributed by atoms with van der Waals surface area (Å²) in [5.41, 5.74) is 9.62. The Kier molecular flexibility index (Phi) is 4.94. The number of piperidine rings is 1. The van der Waals surface area contributed by atoms with E-state index in [-0.39, 0.29) is 18.9 Å². The number of rotatable bonds is 4. The molecule has 3 aliphatic rings. The Bertz CT molecular complexity index is 1030. The minimum atomic E-state index is -0.558. The van der Waals surface area contributed by atoms with E-state index in [1.165, 1.54) is 0 Å². The number of fused-ring (bicyclic) bond motifs is 2. The van der Waals surface area contributed by atoms with Crippen LogP contribution in [0.3, 0.4) is 0 Å². The highest BCUT2D eigenvalue weighted by Gasteiger charge is 2.37. The van der Waals surface area contributed by atoms with E-state index >= 15 is 0 Å². The van der Waals surface area contributed by atoms with Gasteiger partial charge >= 0.3 is 6.09 Å². The molecule has 8 heteroatoms. The third-order valence-corrected chi connectivity index (χ3v) is 6.32. The molecule has 1 unspecified atom stereocenters. The van der Waals surface area contributed by atoms with Crippen LogP contribution in [0, 0.1) is 6.92 Å². The Morgan fingerprint density at radius 3 is 2.65 bits per heavy atom. The minimum absolute atomic E-state index is 0.00850. The molecule has 0 radical (unpaired) electrons. The van der Waals surface area contributed by atoms with Crippen molar-refractivity contribution in [2.45, 2.75) is 38.5 Å². The number of hydrogen-bond acceptors (Lipinski definition) is 6. The van der Waals surface area contributed by atoms with Gasteiger partial charge in [-0.2, -0.15) is 0 Å². The molecule has 2 N–H and O–H groups in total. The van der Waals surface area contributed by atoms with Crippen molar-refractivity contribution < 1.29 is 23.8 Å². The summed E-state index contributed by atoms with van der Waals surface area (Å²) >= 11 is 0. The monoisotopic (exact) mass is 423 g/mol. The fourth-order valence-corrected chi connectivity index (χ4v) is 4.85. The SMILES string of the molecule is Cc1cccc2c1N(C1CCN(C(C(N)=O)c3ccc4c(c3)OCO4)CC1)C(=O)OC2. The first-order valence-corrected chi connectivity index (χ1v) is 10.5. The van der Waals surface area contributed by atoms with Crippen LogP contribution in [0.1, 0.15) is 35.6 Å². The number of nitrogens with two attached hydrogens (primary N) is 1. The van der Waals surface area contributed by atoms with E-state index in [0.29, 0.717) is 31.2 Å². The molecule has 5 rings (SSSR count). The third-order valence-electron chi connectivity index (χ3n) is 6.32. The Hall–Kier alpha value is -3.26. The van der Waals surface area contributed by atoms with Gasteiger partial charge in [0.15, 0.2) is 11.5 Å². The van der Waals surface area contributed by atoms with Gasteiger partial charge in [0.2, 0.25) is 12.7 Å². The highest BCUT2D eigenvalue weighted by Crippen LogP contribution is 2.38. The number of carbonyl (C=O) groups excluding carboxylic acids is 2. The van der Waals surface area contributed by atoms with Crippen molar-refractivity contribution >= 4 is 17.7 Å². The van der Waals surface area contributed by atoms with Gasteiger partial charge in [-0.15, -0.1) is 0 Å². The number of ether oxygens (including phenoxy) is 3. The molecule has 3 heterocycles. The molecule has 2 aromatic rings. The summed E-state index contributed by atoms with van der Waals surface area (Å²) in [5.74, 6) is 0.890. The average Bonchev–Trinajstić information content (AvgIpc) is 3.23. The zero-order valence-corrected chi connectivity index (χ0v) is 17.4. The van der Waals surface area contributed by atoms with Crippen molar-refractivity contribution in [3.05, 3.63) is 53.1 Å². The van der Waals surface area contributed by atoms with Crippen LogP contribution in [0.15, 0.2) is 36.4 Å². The van der Waals surface area contributed by atoms with Crippen molar-refractivity contribution in [3.8, 4) is 11.5 Å². The van der Waals surface area contributed by atoms with E-state index in [2.05, 4.69) is 4.90 Å². The molecule has 0 aromatic heterocycles. The predicted octanol–water partition coefficient (Wildman–Crippen LogP) is 2.87. The number of para-hydroxylation sites is 1. The van der Waals surface area contributed by atoms with Crippen molar-refractivity contribution in [1.29, 1.82) is 0 Å². The molecule has 1 saturated heterocycles. The Morgan fingerprint density at radius 2 is 1.87 bits per heavy atom. The van der Waals surface area contributed by atoms with E-state index in [1.807, 2.05) is 43.3 Å². The summed E-state index contributed by atoms with van der Waals surface area (Å²) in [6, 6.07) is 10.9. The molecule has 2 aromatic carbocycles. The van der Waals surface area contributed by atoms with Gasteiger partial charge in [-0.1, -0.05) is 24.3 Å². The van der Waals surface area contributed by atoms with Gasteiger partial charge in [-0.25, -0.2) is 4.79 Å². The molecule has 0 bridgehead atoms. The second-order valence-electron chi connectivity index (χ2n) is 8.19. The maximum atomic E-state index is 12.7. The van der Waals surface area contributed by atoms with E-state index in [0.717, 1.165) is 35.2 Å². The molecule has 0 aliphatic carbocycles. The summed E-state index contributed by atoms with van der Waals surface area (Å²) in [5, 5.41) is 0. The number of aryl methyl sites for hydroxylation is 1. The number of benzene rings is 2. The number of amides is 2. The third kappa shape index (κ3) is 3.46. The average molecular weight is 423 g/mol. The fraction of sp³-hybridized carbons (Fsp3) is 0.391. The number of cyclic esters (lactones) is 1. The van der Waals surface area contributed by atoms with Crippen LogP contribution in [-0.4, -0.2) is 42.8 Å². The summed E-state index contributed by atoms with van der Waals surface area (Å²) in [7, 11) is 0. The van der Waals surface area contributed by atoms with Crippen LogP contribution in [-0.2, 0) is 16.1 Å². The molecule has 0 spiro atoms. The Labute approximate surface area is 180 Å². The zero-order valence-electron chi connectivity index (χ0n) is 17.4. The van der Waals surface area contributed by atoms with Gasteiger partial charge in [0.05, 0.1) is 5.69 Å². The van der Waals surface area contributed by atoms with Gasteiger partial charge < -0.3 is 19.9 Å². The molecular formula is C23H25N3O5. The molecule has 1 fully saturated rings. The zero-order chi connectivity index (χ0) is 21.5. The molecule has 162 valence electrons. The summed E-state index contributed by atoms with van der Waals surface area (Å²) in [6.07, 6.45) is 1.14. The first-order valence-electron chi connectivity index (χ1n) is 10.5. The van der Waals surface area contributed by atoms with E-state index in [4.69, 9.17) is 19.9 Å². The van der Waals surface area contributed by atoms with Crippen molar-refractivity contribution in [2.24, 2.45) is 5.73 Å². The lowest BCUT2D eigenvalue weighted by Gasteiger charge is -2.42. The number of carbonyl (C=O) groups is 2. The summed E-state index contributed by atoms with van der Waals surface area (Å²) in [4.78, 5) is 28.9. The molecule has 1 atom stereocenters. The Morgan fingerprint density at radius 1 is 1.10 bits per heavy atom. The predicted molar refractivity (Wildman–Crippen MR) is 113 cm³/mol. The lowest BCUT2D eigenvalue weighted by molar-refractivity contribution is -0.124. The van der Waals surface area contributed by atoms with Gasteiger partial charge in [0.1, 0.15) is 12.6 Å². The van der Waals surface area contributed by atoms with Gasteiger partial charge in [-0.05, 0) is 43.0 Å². The van der Waals surface area contributed by atoms with E-state index in [1.54, 1.807) is 4.90 Å². The number of hydrogen-bond donors (Lipinski definition) is 1. The lowest BCUT2D eigenvalue weighted by atomic mass is 9.96. The van der Waals surface area contributed by atoms with Crippen molar-refractivity contribution in [3.63, 3.8) is 0 Å². The fourth-order valence-electron chi connectivity index (χ4n) is 4.85. The van der Waals surface area contributed by atoms with E-state index in [9.17, 15) is 9.59 Å². The first-order chi connectivity index (χ1) is 15.0. The smallest absolute Gasteiger partial charge is 0.414 e. The minimum Gasteiger partial charge on any atom is -0.454 e. The quantitative estimate of drug-likeness (QED) is 0.813. The maximum Gasteiger partial charge on any atom is 0.414 e. The number of likely N-dealkylation sites (tertiary alicyclic amines) is 1. The van der Waals surface area contributed by atoms with Crippen molar-refractivity contribution in [2.75, 3.05) is 24.8 Å².